The average Bonchev–Trinajstić information content (AvgIpc) is 2.39. The number of nitrogens with zero attached hydrogens (tertiary/aromatic N) is 2. The van der Waals surface area contributed by atoms with E-state index < -0.39 is 22.0 Å². The lowest BCUT2D eigenvalue weighted by atomic mass is 10.4. The maximum Gasteiger partial charge on any atom is 0.450 e. The number of alkyl halides is 3. The van der Waals surface area contributed by atoms with E-state index in [1.165, 1.54) is 38.1 Å². The fourth-order valence-corrected chi connectivity index (χ4v) is 2.62. The molecule has 0 N–H and O–H groups in total. The summed E-state index contributed by atoms with van der Waals surface area (Å²) in [6.07, 6.45) is -4.83. The van der Waals surface area contributed by atoms with Gasteiger partial charge in [0.2, 0.25) is 5.84 Å². The van der Waals surface area contributed by atoms with Crippen molar-refractivity contribution in [2.75, 3.05) is 13.1 Å². The van der Waals surface area contributed by atoms with Gasteiger partial charge in [0.15, 0.2) is 0 Å². The van der Waals surface area contributed by atoms with Crippen LogP contribution in [0.25, 0.3) is 0 Å². The molecule has 0 saturated heterocycles. The number of halogens is 3. The predicted molar refractivity (Wildman–Crippen MR) is 70.0 cm³/mol. The van der Waals surface area contributed by atoms with Gasteiger partial charge in [-0.15, -0.1) is 4.40 Å². The molecule has 0 heterocycles. The molecule has 1 rings (SSSR count). The first kappa shape index (κ1) is 16.5. The Morgan fingerprint density at radius 2 is 1.65 bits per heavy atom. The molecule has 0 amide bonds. The summed E-state index contributed by atoms with van der Waals surface area (Å²) >= 11 is 0. The van der Waals surface area contributed by atoms with Crippen molar-refractivity contribution in [1.82, 2.24) is 4.90 Å². The van der Waals surface area contributed by atoms with Crippen molar-refractivity contribution in [2.45, 2.75) is 24.9 Å². The number of benzene rings is 1. The molecule has 1 aromatic rings. The summed E-state index contributed by atoms with van der Waals surface area (Å²) in [5.74, 6) is -1.40. The summed E-state index contributed by atoms with van der Waals surface area (Å²) in [6.45, 7) is 3.03. The highest BCUT2D eigenvalue weighted by atomic mass is 32.2. The summed E-state index contributed by atoms with van der Waals surface area (Å²) < 4.78 is 65.7. The normalized spacial score (nSPS) is 13.3. The van der Waals surface area contributed by atoms with E-state index in [2.05, 4.69) is 4.40 Å². The topological polar surface area (TPSA) is 49.7 Å². The van der Waals surface area contributed by atoms with E-state index in [1.54, 1.807) is 6.07 Å². The predicted octanol–water partition coefficient (Wildman–Crippen LogP) is 2.68. The highest BCUT2D eigenvalue weighted by Crippen LogP contribution is 2.23. The van der Waals surface area contributed by atoms with Crippen molar-refractivity contribution < 1.29 is 21.6 Å². The number of rotatable bonds is 4. The molecule has 0 saturated carbocycles. The molecule has 4 nitrogen and oxygen atoms in total. The Kier molecular flexibility index (Phi) is 5.15. The fraction of sp³-hybridized carbons (Fsp3) is 0.417. The number of hydrogen-bond donors (Lipinski definition) is 0. The van der Waals surface area contributed by atoms with Crippen LogP contribution in [0.2, 0.25) is 0 Å². The minimum absolute atomic E-state index is 0.0130. The van der Waals surface area contributed by atoms with Crippen LogP contribution in [0.1, 0.15) is 13.8 Å². The van der Waals surface area contributed by atoms with E-state index in [9.17, 15) is 21.6 Å². The molecule has 0 unspecified atom stereocenters. The molecule has 0 fully saturated rings. The second kappa shape index (κ2) is 6.25. The second-order valence-corrected chi connectivity index (χ2v) is 5.48. The summed E-state index contributed by atoms with van der Waals surface area (Å²) in [7, 11) is -4.38. The third-order valence-electron chi connectivity index (χ3n) is 2.56. The van der Waals surface area contributed by atoms with Crippen LogP contribution in [-0.2, 0) is 10.0 Å². The van der Waals surface area contributed by atoms with E-state index in [1.807, 2.05) is 0 Å². The van der Waals surface area contributed by atoms with Crippen LogP contribution in [0.3, 0.4) is 0 Å². The third-order valence-corrected chi connectivity index (χ3v) is 3.85. The van der Waals surface area contributed by atoms with Gasteiger partial charge in [0.1, 0.15) is 0 Å². The minimum Gasteiger partial charge on any atom is -0.352 e. The van der Waals surface area contributed by atoms with Gasteiger partial charge in [-0.3, -0.25) is 0 Å². The molecule has 0 atom stereocenters. The summed E-state index contributed by atoms with van der Waals surface area (Å²) in [5.41, 5.74) is 0. The average molecular weight is 308 g/mol. The molecule has 0 bridgehead atoms. The zero-order valence-corrected chi connectivity index (χ0v) is 11.9. The SMILES string of the molecule is CCN(CC)/C(=N\S(=O)(=O)c1ccccc1)C(F)(F)F. The van der Waals surface area contributed by atoms with Gasteiger partial charge in [0.25, 0.3) is 10.0 Å². The fourth-order valence-electron chi connectivity index (χ4n) is 1.57. The second-order valence-electron chi connectivity index (χ2n) is 3.87. The molecule has 1 aromatic carbocycles. The zero-order valence-electron chi connectivity index (χ0n) is 11.1. The Balaban J connectivity index is 3.34. The molecule has 0 radical (unpaired) electrons. The molecular formula is C12H15F3N2O2S. The lowest BCUT2D eigenvalue weighted by Gasteiger charge is -2.24. The Morgan fingerprint density at radius 1 is 1.15 bits per heavy atom. The van der Waals surface area contributed by atoms with Gasteiger partial charge < -0.3 is 4.90 Å². The van der Waals surface area contributed by atoms with Crippen LogP contribution in [0.15, 0.2) is 39.6 Å². The third kappa shape index (κ3) is 3.96. The summed E-state index contributed by atoms with van der Waals surface area (Å²) in [6, 6.07) is 6.82. The van der Waals surface area contributed by atoms with Gasteiger partial charge in [-0.1, -0.05) is 18.2 Å². The van der Waals surface area contributed by atoms with Crippen molar-refractivity contribution in [1.29, 1.82) is 0 Å². The lowest BCUT2D eigenvalue weighted by molar-refractivity contribution is -0.0683. The van der Waals surface area contributed by atoms with Crippen LogP contribution in [0, 0.1) is 0 Å². The van der Waals surface area contributed by atoms with Crippen molar-refractivity contribution in [3.05, 3.63) is 30.3 Å². The van der Waals surface area contributed by atoms with Crippen LogP contribution in [0.5, 0.6) is 0 Å². The smallest absolute Gasteiger partial charge is 0.352 e. The summed E-state index contributed by atoms with van der Waals surface area (Å²) in [5, 5.41) is 0. The maximum atomic E-state index is 13.0. The van der Waals surface area contributed by atoms with Gasteiger partial charge in [-0.2, -0.15) is 21.6 Å². The number of sulfonamides is 1. The number of amidine groups is 1. The zero-order chi connectivity index (χ0) is 15.4. The van der Waals surface area contributed by atoms with Crippen molar-refractivity contribution in [2.24, 2.45) is 4.40 Å². The number of hydrogen-bond acceptors (Lipinski definition) is 2. The van der Waals surface area contributed by atoms with Gasteiger partial charge >= 0.3 is 6.18 Å². The molecule has 0 aromatic heterocycles. The van der Waals surface area contributed by atoms with E-state index in [-0.39, 0.29) is 18.0 Å². The molecule has 0 aliphatic rings. The maximum absolute atomic E-state index is 13.0. The van der Waals surface area contributed by atoms with E-state index >= 15 is 0 Å². The van der Waals surface area contributed by atoms with Crippen LogP contribution in [-0.4, -0.2) is 38.4 Å². The Labute approximate surface area is 116 Å². The highest BCUT2D eigenvalue weighted by molar-refractivity contribution is 7.90. The van der Waals surface area contributed by atoms with Gasteiger partial charge in [-0.25, -0.2) is 0 Å². The van der Waals surface area contributed by atoms with Crippen molar-refractivity contribution >= 4 is 15.9 Å². The quantitative estimate of drug-likeness (QED) is 0.635. The van der Waals surface area contributed by atoms with Crippen LogP contribution in [0.4, 0.5) is 13.2 Å². The molecule has 0 aliphatic heterocycles. The first-order chi connectivity index (χ1) is 9.22. The van der Waals surface area contributed by atoms with E-state index in [0.717, 1.165) is 4.90 Å². The Hall–Kier alpha value is -1.57. The molecule has 8 heteroatoms. The van der Waals surface area contributed by atoms with Crippen molar-refractivity contribution in [3.63, 3.8) is 0 Å². The van der Waals surface area contributed by atoms with Gasteiger partial charge in [0.05, 0.1) is 4.90 Å². The Morgan fingerprint density at radius 3 is 2.05 bits per heavy atom. The molecule has 0 spiro atoms. The Bertz CT molecular complexity index is 564. The van der Waals surface area contributed by atoms with Gasteiger partial charge in [-0.05, 0) is 26.0 Å². The van der Waals surface area contributed by atoms with Gasteiger partial charge in [0, 0.05) is 13.1 Å². The molecule has 20 heavy (non-hydrogen) atoms. The lowest BCUT2D eigenvalue weighted by Crippen LogP contribution is -2.41. The first-order valence-corrected chi connectivity index (χ1v) is 7.38. The summed E-state index contributed by atoms with van der Waals surface area (Å²) in [4.78, 5) is 0.592. The molecule has 112 valence electrons. The highest BCUT2D eigenvalue weighted by Gasteiger charge is 2.40. The molecule has 0 aliphatic carbocycles. The molecular weight excluding hydrogens is 293 g/mol. The van der Waals surface area contributed by atoms with E-state index in [0.29, 0.717) is 0 Å². The van der Waals surface area contributed by atoms with E-state index in [4.69, 9.17) is 0 Å². The minimum atomic E-state index is -4.83. The standard InChI is InChI=1S/C12H15F3N2O2S/c1-3-17(4-2)11(12(13,14)15)16-20(18,19)10-8-6-5-7-9-10/h5-9H,3-4H2,1-2H3/b16-11-. The first-order valence-electron chi connectivity index (χ1n) is 5.94. The van der Waals surface area contributed by atoms with Crippen molar-refractivity contribution in [3.8, 4) is 0 Å². The van der Waals surface area contributed by atoms with Crippen LogP contribution < -0.4 is 0 Å². The van der Waals surface area contributed by atoms with Crippen LogP contribution >= 0.6 is 0 Å². The monoisotopic (exact) mass is 308 g/mol. The largest absolute Gasteiger partial charge is 0.450 e.